The molecule has 3 aromatic rings. The van der Waals surface area contributed by atoms with Crippen LogP contribution < -0.4 is 10.9 Å². The minimum Gasteiger partial charge on any atom is -0.351 e. The Kier molecular flexibility index (Phi) is 4.56. The van der Waals surface area contributed by atoms with Crippen molar-refractivity contribution in [1.29, 1.82) is 0 Å². The number of thiophene rings is 1. The van der Waals surface area contributed by atoms with E-state index in [0.29, 0.717) is 17.9 Å². The normalized spacial score (nSPS) is 20.7. The molecule has 0 aromatic carbocycles. The van der Waals surface area contributed by atoms with Gasteiger partial charge in [-0.1, -0.05) is 26.7 Å². The van der Waals surface area contributed by atoms with Crippen molar-refractivity contribution in [1.82, 2.24) is 19.5 Å². The number of aromatic nitrogens is 3. The molecule has 1 aliphatic rings. The molecule has 0 aliphatic heterocycles. The van der Waals surface area contributed by atoms with Gasteiger partial charge in [0.2, 0.25) is 5.91 Å². The van der Waals surface area contributed by atoms with E-state index in [4.69, 9.17) is 0 Å². The van der Waals surface area contributed by atoms with Crippen molar-refractivity contribution in [2.24, 2.45) is 5.92 Å². The number of nitrogens with one attached hydrogen (secondary N) is 1. The molecule has 1 aliphatic carbocycles. The molecule has 6 nitrogen and oxygen atoms in total. The summed E-state index contributed by atoms with van der Waals surface area (Å²) in [4.78, 5) is 26.4. The van der Waals surface area contributed by atoms with Crippen molar-refractivity contribution in [2.45, 2.75) is 58.5 Å². The number of fused-ring (bicyclic) bond motifs is 3. The lowest BCUT2D eigenvalue weighted by Gasteiger charge is -2.29. The largest absolute Gasteiger partial charge is 0.351 e. The highest BCUT2D eigenvalue weighted by atomic mass is 32.1. The molecule has 2 atom stereocenters. The first-order chi connectivity index (χ1) is 12.6. The molecule has 3 aromatic heterocycles. The van der Waals surface area contributed by atoms with Gasteiger partial charge in [0.25, 0.3) is 5.56 Å². The van der Waals surface area contributed by atoms with Crippen LogP contribution in [0.25, 0.3) is 15.7 Å². The fraction of sp³-hybridized carbons (Fsp3) is 0.526. The molecule has 4 rings (SSSR count). The number of nitrogens with zero attached hydrogens (tertiary/aromatic N) is 3. The molecule has 1 amide bonds. The maximum absolute atomic E-state index is 12.9. The van der Waals surface area contributed by atoms with Crippen LogP contribution in [0.1, 0.15) is 45.4 Å². The molecule has 7 heteroatoms. The van der Waals surface area contributed by atoms with Gasteiger partial charge < -0.3 is 5.32 Å². The van der Waals surface area contributed by atoms with Crippen LogP contribution in [-0.2, 0) is 17.8 Å². The van der Waals surface area contributed by atoms with E-state index < -0.39 is 0 Å². The second-order valence-electron chi connectivity index (χ2n) is 7.21. The third-order valence-electron chi connectivity index (χ3n) is 5.43. The summed E-state index contributed by atoms with van der Waals surface area (Å²) in [6.45, 7) is 4.17. The fourth-order valence-corrected chi connectivity index (χ4v) is 4.87. The highest BCUT2D eigenvalue weighted by Gasteiger charge is 2.23. The van der Waals surface area contributed by atoms with E-state index in [1.165, 1.54) is 11.1 Å². The van der Waals surface area contributed by atoms with E-state index in [0.717, 1.165) is 35.3 Å². The summed E-state index contributed by atoms with van der Waals surface area (Å²) < 4.78 is 3.25. The average Bonchev–Trinajstić information content (AvgIpc) is 3.21. The van der Waals surface area contributed by atoms with Crippen LogP contribution in [-0.4, -0.2) is 26.1 Å². The lowest BCUT2D eigenvalue weighted by Crippen LogP contribution is -2.44. The summed E-state index contributed by atoms with van der Waals surface area (Å²) in [6, 6.07) is 4.11. The van der Waals surface area contributed by atoms with Crippen molar-refractivity contribution in [2.75, 3.05) is 0 Å². The van der Waals surface area contributed by atoms with Gasteiger partial charge in [0.05, 0.1) is 0 Å². The zero-order valence-electron chi connectivity index (χ0n) is 15.2. The Morgan fingerprint density at radius 3 is 2.96 bits per heavy atom. The smallest absolute Gasteiger partial charge is 0.291 e. The number of carbonyl (C=O) groups is 1. The third kappa shape index (κ3) is 2.94. The first-order valence-corrected chi connectivity index (χ1v) is 10.2. The molecule has 138 valence electrons. The van der Waals surface area contributed by atoms with Gasteiger partial charge in [0.1, 0.15) is 22.7 Å². The van der Waals surface area contributed by atoms with Crippen molar-refractivity contribution >= 4 is 33.0 Å². The van der Waals surface area contributed by atoms with Gasteiger partial charge >= 0.3 is 0 Å². The Morgan fingerprint density at radius 1 is 1.38 bits per heavy atom. The number of amides is 1. The monoisotopic (exact) mass is 372 g/mol. The Balaban J connectivity index is 1.65. The molecule has 0 saturated heterocycles. The van der Waals surface area contributed by atoms with Crippen LogP contribution in [0.5, 0.6) is 0 Å². The quantitative estimate of drug-likeness (QED) is 0.765. The van der Waals surface area contributed by atoms with Crippen molar-refractivity contribution in [3.63, 3.8) is 0 Å². The van der Waals surface area contributed by atoms with Crippen LogP contribution in [0.3, 0.4) is 0 Å². The van der Waals surface area contributed by atoms with Crippen LogP contribution >= 0.6 is 11.3 Å². The second kappa shape index (κ2) is 6.87. The predicted molar refractivity (Wildman–Crippen MR) is 104 cm³/mol. The predicted octanol–water partition coefficient (Wildman–Crippen LogP) is 2.97. The maximum Gasteiger partial charge on any atom is 0.291 e. The minimum absolute atomic E-state index is 0.0234. The molecule has 3 heterocycles. The van der Waals surface area contributed by atoms with E-state index in [1.54, 1.807) is 11.3 Å². The fourth-order valence-electron chi connectivity index (χ4n) is 3.95. The first kappa shape index (κ1) is 17.3. The summed E-state index contributed by atoms with van der Waals surface area (Å²) in [7, 11) is 0. The van der Waals surface area contributed by atoms with Gasteiger partial charge in [-0.15, -0.1) is 11.3 Å². The van der Waals surface area contributed by atoms with Crippen LogP contribution in [0.4, 0.5) is 0 Å². The van der Waals surface area contributed by atoms with Gasteiger partial charge in [-0.05, 0) is 36.3 Å². The zero-order valence-corrected chi connectivity index (χ0v) is 16.0. The van der Waals surface area contributed by atoms with E-state index in [9.17, 15) is 9.59 Å². The Hall–Kier alpha value is -2.15. The summed E-state index contributed by atoms with van der Waals surface area (Å²) in [6.07, 6.45) is 5.25. The summed E-state index contributed by atoms with van der Waals surface area (Å²) in [5.41, 5.74) is 0.384. The van der Waals surface area contributed by atoms with Gasteiger partial charge in [-0.3, -0.25) is 14.0 Å². The van der Waals surface area contributed by atoms with Crippen molar-refractivity contribution in [3.05, 3.63) is 33.7 Å². The number of aryl methyl sites for hydroxylation is 1. The topological polar surface area (TPSA) is 68.4 Å². The summed E-state index contributed by atoms with van der Waals surface area (Å²) in [5, 5.41) is 10.7. The van der Waals surface area contributed by atoms with E-state index >= 15 is 0 Å². The van der Waals surface area contributed by atoms with Gasteiger partial charge in [0, 0.05) is 17.8 Å². The van der Waals surface area contributed by atoms with Crippen LogP contribution in [0, 0.1) is 5.92 Å². The average molecular weight is 372 g/mol. The van der Waals surface area contributed by atoms with Gasteiger partial charge in [0.15, 0.2) is 0 Å². The molecular weight excluding hydrogens is 348 g/mol. The lowest BCUT2D eigenvalue weighted by atomic mass is 9.86. The molecule has 1 N–H and O–H groups in total. The Labute approximate surface area is 155 Å². The standard InChI is InChI=1S/C19H24N4O2S/c1-3-16-21-22(11-17(24)20-14-7-5-4-6-12(14)2)18(25)15-10-13-8-9-26-19(13)23(15)16/h8-10,12,14H,3-7,11H2,1-2H3,(H,20,24)/t12-,14-/m1/s1. The van der Waals surface area contributed by atoms with E-state index in [1.807, 2.05) is 28.8 Å². The Bertz CT molecular complexity index is 1020. The van der Waals surface area contributed by atoms with Gasteiger partial charge in [-0.25, -0.2) is 4.68 Å². The third-order valence-corrected chi connectivity index (χ3v) is 6.34. The molecule has 1 saturated carbocycles. The molecular formula is C19H24N4O2S. The van der Waals surface area contributed by atoms with Crippen molar-refractivity contribution in [3.8, 4) is 0 Å². The highest BCUT2D eigenvalue weighted by molar-refractivity contribution is 7.16. The van der Waals surface area contributed by atoms with Crippen LogP contribution in [0.2, 0.25) is 0 Å². The summed E-state index contributed by atoms with van der Waals surface area (Å²) >= 11 is 1.60. The molecule has 0 radical (unpaired) electrons. The lowest BCUT2D eigenvalue weighted by molar-refractivity contribution is -0.123. The maximum atomic E-state index is 12.9. The molecule has 0 bridgehead atoms. The molecule has 0 unspecified atom stereocenters. The first-order valence-electron chi connectivity index (χ1n) is 9.36. The molecule has 1 fully saturated rings. The van der Waals surface area contributed by atoms with Crippen LogP contribution in [0.15, 0.2) is 22.3 Å². The second-order valence-corrected chi connectivity index (χ2v) is 8.11. The summed E-state index contributed by atoms with van der Waals surface area (Å²) in [5.74, 6) is 1.16. The molecule has 26 heavy (non-hydrogen) atoms. The number of hydrogen-bond donors (Lipinski definition) is 1. The highest BCUT2D eigenvalue weighted by Crippen LogP contribution is 2.25. The SMILES string of the molecule is CCc1nn(CC(=O)N[C@@H]2CCCC[C@H]2C)c(=O)c2cc3ccsc3n12. The molecule has 0 spiro atoms. The number of carbonyl (C=O) groups excluding carboxylic acids is 1. The number of rotatable bonds is 4. The zero-order chi connectivity index (χ0) is 18.3. The minimum atomic E-state index is -0.211. The number of hydrogen-bond acceptors (Lipinski definition) is 4. The Morgan fingerprint density at radius 2 is 2.19 bits per heavy atom. The van der Waals surface area contributed by atoms with E-state index in [2.05, 4.69) is 17.3 Å². The van der Waals surface area contributed by atoms with Crippen molar-refractivity contribution < 1.29 is 4.79 Å². The van der Waals surface area contributed by atoms with Gasteiger partial charge in [-0.2, -0.15) is 5.10 Å². The van der Waals surface area contributed by atoms with E-state index in [-0.39, 0.29) is 24.1 Å².